The number of hydrogen-bond donors (Lipinski definition) is 0. The van der Waals surface area contributed by atoms with Gasteiger partial charge in [0.15, 0.2) is 0 Å². The molecule has 0 aromatic heterocycles. The third-order valence-corrected chi connectivity index (χ3v) is 12.4. The van der Waals surface area contributed by atoms with E-state index in [0.717, 1.165) is 154 Å². The fourth-order valence-electron chi connectivity index (χ4n) is 8.02. The van der Waals surface area contributed by atoms with E-state index in [1.54, 1.807) is 0 Å². The smallest absolute Gasteiger partial charge is 0.317 e. The Morgan fingerprint density at radius 1 is 0.373 bits per heavy atom. The second-order valence-electron chi connectivity index (χ2n) is 19.5. The summed E-state index contributed by atoms with van der Waals surface area (Å²) in [5, 5.41) is 0. The molecular formula is C54H99NO12. The first-order valence-electron chi connectivity index (χ1n) is 26.8. The van der Waals surface area contributed by atoms with Gasteiger partial charge in [-0.3, -0.25) is 28.8 Å². The number of carbonyl (C=O) groups excluding carboxylic acids is 6. The highest BCUT2D eigenvalue weighted by atomic mass is 16.6. The molecule has 0 aliphatic rings. The Kier molecular flexibility index (Phi) is 40.8. The molecule has 13 nitrogen and oxygen atoms in total. The molecule has 392 valence electrons. The van der Waals surface area contributed by atoms with Crippen LogP contribution in [0.15, 0.2) is 0 Å². The lowest BCUT2D eigenvalue weighted by Crippen LogP contribution is -2.44. The van der Waals surface area contributed by atoms with Crippen LogP contribution < -0.4 is 0 Å². The van der Waals surface area contributed by atoms with Gasteiger partial charge in [0.1, 0.15) is 44.7 Å². The maximum absolute atomic E-state index is 13.6. The lowest BCUT2D eigenvalue weighted by Gasteiger charge is -2.32. The normalized spacial score (nSPS) is 11.6. The Labute approximate surface area is 407 Å². The van der Waals surface area contributed by atoms with Gasteiger partial charge in [-0.1, -0.05) is 157 Å². The summed E-state index contributed by atoms with van der Waals surface area (Å²) >= 11 is 0. The van der Waals surface area contributed by atoms with Gasteiger partial charge >= 0.3 is 35.8 Å². The molecule has 0 atom stereocenters. The minimum atomic E-state index is -1.56. The van der Waals surface area contributed by atoms with Crippen LogP contribution in [0.3, 0.4) is 0 Å². The van der Waals surface area contributed by atoms with Gasteiger partial charge in [-0.15, -0.1) is 0 Å². The van der Waals surface area contributed by atoms with E-state index in [-0.39, 0.29) is 43.8 Å². The zero-order valence-corrected chi connectivity index (χ0v) is 44.0. The second-order valence-corrected chi connectivity index (χ2v) is 19.5. The molecule has 0 rings (SSSR count). The van der Waals surface area contributed by atoms with E-state index in [4.69, 9.17) is 28.4 Å². The summed E-state index contributed by atoms with van der Waals surface area (Å²) < 4.78 is 34.2. The van der Waals surface area contributed by atoms with E-state index >= 15 is 0 Å². The minimum Gasteiger partial charge on any atom is -0.465 e. The fraction of sp³-hybridized carbons (Fsp3) is 0.889. The van der Waals surface area contributed by atoms with Crippen molar-refractivity contribution in [2.24, 2.45) is 23.2 Å². The van der Waals surface area contributed by atoms with E-state index in [1.165, 1.54) is 0 Å². The molecule has 0 aromatic rings. The predicted molar refractivity (Wildman–Crippen MR) is 265 cm³/mol. The van der Waals surface area contributed by atoms with E-state index < -0.39 is 80.5 Å². The third kappa shape index (κ3) is 37.4. The van der Waals surface area contributed by atoms with Gasteiger partial charge in [-0.2, -0.15) is 0 Å². The number of ether oxygens (including phenoxy) is 6. The Hall–Kier alpha value is -3.22. The maximum Gasteiger partial charge on any atom is 0.317 e. The van der Waals surface area contributed by atoms with E-state index in [9.17, 15) is 28.8 Å². The van der Waals surface area contributed by atoms with Crippen molar-refractivity contribution >= 4 is 35.8 Å². The Morgan fingerprint density at radius 2 is 0.672 bits per heavy atom. The minimum absolute atomic E-state index is 0.0955. The van der Waals surface area contributed by atoms with Gasteiger partial charge < -0.3 is 33.3 Å². The van der Waals surface area contributed by atoms with Crippen molar-refractivity contribution in [1.29, 1.82) is 0 Å². The fourth-order valence-corrected chi connectivity index (χ4v) is 8.02. The molecule has 13 heteroatoms. The summed E-state index contributed by atoms with van der Waals surface area (Å²) in [6, 6.07) is 0. The summed E-state index contributed by atoms with van der Waals surface area (Å²) in [5.41, 5.74) is -1.56. The Morgan fingerprint density at radius 3 is 1.00 bits per heavy atom. The van der Waals surface area contributed by atoms with Gasteiger partial charge in [0.25, 0.3) is 0 Å². The van der Waals surface area contributed by atoms with Crippen LogP contribution in [0.25, 0.3) is 0 Å². The summed E-state index contributed by atoms with van der Waals surface area (Å²) in [6.07, 6.45) is 24.2. The van der Waals surface area contributed by atoms with Crippen molar-refractivity contribution in [3.8, 4) is 0 Å². The molecule has 0 aliphatic carbocycles. The van der Waals surface area contributed by atoms with Crippen molar-refractivity contribution < 1.29 is 57.2 Å². The first-order chi connectivity index (χ1) is 32.3. The van der Waals surface area contributed by atoms with Crippen LogP contribution in [0.1, 0.15) is 228 Å². The number of rotatable bonds is 46. The van der Waals surface area contributed by atoms with E-state index in [1.807, 2.05) is 19.0 Å². The zero-order valence-electron chi connectivity index (χ0n) is 44.0. The molecule has 0 aliphatic heterocycles. The van der Waals surface area contributed by atoms with Crippen molar-refractivity contribution in [1.82, 2.24) is 4.90 Å². The summed E-state index contributed by atoms with van der Waals surface area (Å²) in [6.45, 7) is 12.1. The lowest BCUT2D eigenvalue weighted by atomic mass is 9.91. The maximum atomic E-state index is 13.6. The van der Waals surface area contributed by atoms with E-state index in [0.29, 0.717) is 13.0 Å². The first kappa shape index (κ1) is 63.8. The van der Waals surface area contributed by atoms with Gasteiger partial charge in [-0.05, 0) is 83.3 Å². The number of hydrogen-bond acceptors (Lipinski definition) is 13. The van der Waals surface area contributed by atoms with Crippen LogP contribution in [-0.2, 0) is 57.2 Å². The molecule has 0 fully saturated rings. The number of unbranched alkanes of at least 4 members (excludes halogenated alkanes) is 12. The van der Waals surface area contributed by atoms with Crippen LogP contribution in [0, 0.1) is 23.2 Å². The number of nitrogens with zero attached hydrogens (tertiary/aromatic N) is 1. The zero-order chi connectivity index (χ0) is 50.0. The largest absolute Gasteiger partial charge is 0.465 e. The van der Waals surface area contributed by atoms with Crippen molar-refractivity contribution in [2.75, 3.05) is 60.3 Å². The molecule has 0 heterocycles. The number of esters is 6. The molecule has 0 saturated heterocycles. The molecule has 0 spiro atoms. The Balaban J connectivity index is 6.34. The molecule has 0 amide bonds. The van der Waals surface area contributed by atoms with E-state index in [2.05, 4.69) is 41.5 Å². The SMILES string of the molecule is CCCCCC(CCCCC)COC(=O)CC(=O)OCC(COC(=O)CCCN(C)C)(COC(=O)CC(=O)OCC(CCCCC)CCCCC)COC(=O)CC(CCCCC)CCCCC. The highest BCUT2D eigenvalue weighted by molar-refractivity contribution is 5.91. The van der Waals surface area contributed by atoms with Gasteiger partial charge in [0.2, 0.25) is 0 Å². The molecule has 0 radical (unpaired) electrons. The second kappa shape index (κ2) is 42.8. The van der Waals surface area contributed by atoms with Crippen molar-refractivity contribution in [3.63, 3.8) is 0 Å². The van der Waals surface area contributed by atoms with Gasteiger partial charge in [0, 0.05) is 12.8 Å². The molecule has 0 unspecified atom stereocenters. The molecular weight excluding hydrogens is 855 g/mol. The van der Waals surface area contributed by atoms with Gasteiger partial charge in [-0.25, -0.2) is 0 Å². The van der Waals surface area contributed by atoms with Crippen molar-refractivity contribution in [3.05, 3.63) is 0 Å². The predicted octanol–water partition coefficient (Wildman–Crippen LogP) is 12.1. The lowest BCUT2D eigenvalue weighted by molar-refractivity contribution is -0.172. The monoisotopic (exact) mass is 954 g/mol. The molecule has 0 N–H and O–H groups in total. The van der Waals surface area contributed by atoms with Crippen LogP contribution >= 0.6 is 0 Å². The molecule has 67 heavy (non-hydrogen) atoms. The molecule has 0 bridgehead atoms. The first-order valence-corrected chi connectivity index (χ1v) is 26.8. The third-order valence-electron chi connectivity index (χ3n) is 12.4. The van der Waals surface area contributed by atoms with Crippen LogP contribution in [0.2, 0.25) is 0 Å². The van der Waals surface area contributed by atoms with Crippen molar-refractivity contribution in [2.45, 2.75) is 228 Å². The average Bonchev–Trinajstić information content (AvgIpc) is 3.29. The van der Waals surface area contributed by atoms with Crippen LogP contribution in [-0.4, -0.2) is 101 Å². The highest BCUT2D eigenvalue weighted by Gasteiger charge is 2.39. The van der Waals surface area contributed by atoms with Gasteiger partial charge in [0.05, 0.1) is 13.2 Å². The summed E-state index contributed by atoms with van der Waals surface area (Å²) in [7, 11) is 3.80. The summed E-state index contributed by atoms with van der Waals surface area (Å²) in [5.74, 6) is -3.68. The molecule has 0 saturated carbocycles. The average molecular weight is 954 g/mol. The Bertz CT molecular complexity index is 1200. The van der Waals surface area contributed by atoms with Crippen LogP contribution in [0.4, 0.5) is 0 Å². The quantitative estimate of drug-likeness (QED) is 0.0246. The summed E-state index contributed by atoms with van der Waals surface area (Å²) in [4.78, 5) is 81.2. The standard InChI is InChI=1S/C54H99NO12/c1-9-15-21-28-45(29-22-16-10-2)36-49(57)65-42-54(41-64-48(56)34-27-35-55(7)8,43-66-52(60)37-50(58)62-39-46(30-23-17-11-3)31-24-18-12-4)44-67-53(61)38-51(59)63-40-47(32-25-19-13-5)33-26-20-14-6/h45-47H,9-44H2,1-8H3. The number of carbonyl (C=O) groups is 6. The topological polar surface area (TPSA) is 161 Å². The molecule has 0 aromatic carbocycles. The highest BCUT2D eigenvalue weighted by Crippen LogP contribution is 2.26. The van der Waals surface area contributed by atoms with Crippen LogP contribution in [0.5, 0.6) is 0 Å².